The third kappa shape index (κ3) is 2.12. The van der Waals surface area contributed by atoms with Crippen LogP contribution in [0.15, 0.2) is 36.4 Å². The normalized spacial score (nSPS) is 14.2. The predicted molar refractivity (Wildman–Crippen MR) is 102 cm³/mol. The number of hydrogen-bond donors (Lipinski definition) is 2. The fourth-order valence-corrected chi connectivity index (χ4v) is 4.08. The van der Waals surface area contributed by atoms with Crippen LogP contribution in [0.2, 0.25) is 0 Å². The molecule has 3 aromatic rings. The Morgan fingerprint density at radius 1 is 0.885 bits per heavy atom. The molecule has 4 heteroatoms. The highest BCUT2D eigenvalue weighted by atomic mass is 16.5. The minimum atomic E-state index is -0.269. The molecular formula is C22H22O4. The van der Waals surface area contributed by atoms with E-state index in [0.717, 1.165) is 38.6 Å². The van der Waals surface area contributed by atoms with Crippen LogP contribution in [0.1, 0.15) is 30.5 Å². The minimum Gasteiger partial charge on any atom is -0.507 e. The topological polar surface area (TPSA) is 58.9 Å². The van der Waals surface area contributed by atoms with Crippen molar-refractivity contribution < 1.29 is 19.7 Å². The van der Waals surface area contributed by atoms with Gasteiger partial charge in [0.2, 0.25) is 0 Å². The lowest BCUT2D eigenvalue weighted by Crippen LogP contribution is -2.15. The molecule has 0 radical (unpaired) electrons. The van der Waals surface area contributed by atoms with Crippen LogP contribution in [0.3, 0.4) is 0 Å². The predicted octanol–water partition coefficient (Wildman–Crippen LogP) is 4.36. The fraction of sp³-hybridized carbons (Fsp3) is 0.273. The molecule has 2 N–H and O–H groups in total. The number of hydrogen-bond acceptors (Lipinski definition) is 4. The summed E-state index contributed by atoms with van der Waals surface area (Å²) in [4.78, 5) is 0. The number of methoxy groups -OCH3 is 2. The molecule has 4 nitrogen and oxygen atoms in total. The number of aliphatic hydroxyl groups excluding tert-OH is 1. The van der Waals surface area contributed by atoms with E-state index < -0.39 is 0 Å². The van der Waals surface area contributed by atoms with Gasteiger partial charge in [-0.25, -0.2) is 0 Å². The highest BCUT2D eigenvalue weighted by Gasteiger charge is 2.37. The first-order chi connectivity index (χ1) is 12.4. The lowest BCUT2D eigenvalue weighted by molar-refractivity contribution is 0.281. The summed E-state index contributed by atoms with van der Waals surface area (Å²) in [6.45, 7) is 4.30. The molecule has 1 aliphatic carbocycles. The van der Waals surface area contributed by atoms with E-state index in [1.807, 2.05) is 24.3 Å². The van der Waals surface area contributed by atoms with Gasteiger partial charge < -0.3 is 19.7 Å². The number of aromatic hydroxyl groups is 1. The molecule has 0 heterocycles. The van der Waals surface area contributed by atoms with Crippen LogP contribution in [0, 0.1) is 0 Å². The van der Waals surface area contributed by atoms with Crippen molar-refractivity contribution in [1.29, 1.82) is 0 Å². The average Bonchev–Trinajstić information content (AvgIpc) is 2.87. The largest absolute Gasteiger partial charge is 0.507 e. The highest BCUT2D eigenvalue weighted by Crippen LogP contribution is 2.54. The van der Waals surface area contributed by atoms with Gasteiger partial charge in [-0.2, -0.15) is 0 Å². The molecule has 0 aliphatic heterocycles. The lowest BCUT2D eigenvalue weighted by Gasteiger charge is -2.22. The Balaban J connectivity index is 2.13. The van der Waals surface area contributed by atoms with Crippen LogP contribution in [-0.2, 0) is 12.0 Å². The summed E-state index contributed by atoms with van der Waals surface area (Å²) in [6, 6.07) is 11.7. The van der Waals surface area contributed by atoms with Crippen molar-refractivity contribution in [3.8, 4) is 28.4 Å². The molecule has 0 bridgehead atoms. The molecule has 0 spiro atoms. The Kier molecular flexibility index (Phi) is 3.63. The molecule has 0 saturated heterocycles. The van der Waals surface area contributed by atoms with Crippen LogP contribution >= 0.6 is 0 Å². The first-order valence-electron chi connectivity index (χ1n) is 8.59. The quantitative estimate of drug-likeness (QED) is 0.737. The van der Waals surface area contributed by atoms with Gasteiger partial charge in [-0.1, -0.05) is 32.0 Å². The van der Waals surface area contributed by atoms with E-state index in [9.17, 15) is 10.2 Å². The van der Waals surface area contributed by atoms with Crippen molar-refractivity contribution in [3.05, 3.63) is 53.1 Å². The SMILES string of the molecule is COc1cc2c(O)cc3c(c2cc1OC)-c1ccc(CO)cc1C3(C)C. The Morgan fingerprint density at radius 3 is 2.15 bits per heavy atom. The first-order valence-corrected chi connectivity index (χ1v) is 8.59. The third-order valence-corrected chi connectivity index (χ3v) is 5.50. The van der Waals surface area contributed by atoms with Crippen LogP contribution in [0.4, 0.5) is 0 Å². The van der Waals surface area contributed by atoms with E-state index in [1.165, 1.54) is 0 Å². The lowest BCUT2D eigenvalue weighted by atomic mass is 9.81. The van der Waals surface area contributed by atoms with Crippen molar-refractivity contribution in [2.45, 2.75) is 25.9 Å². The number of benzene rings is 3. The molecule has 0 fully saturated rings. The van der Waals surface area contributed by atoms with Crippen LogP contribution < -0.4 is 9.47 Å². The molecule has 26 heavy (non-hydrogen) atoms. The zero-order valence-corrected chi connectivity index (χ0v) is 15.4. The van der Waals surface area contributed by atoms with Crippen molar-refractivity contribution in [3.63, 3.8) is 0 Å². The van der Waals surface area contributed by atoms with Gasteiger partial charge in [-0.3, -0.25) is 0 Å². The van der Waals surface area contributed by atoms with Gasteiger partial charge in [0.1, 0.15) is 5.75 Å². The van der Waals surface area contributed by atoms with Gasteiger partial charge in [0.15, 0.2) is 11.5 Å². The second kappa shape index (κ2) is 5.64. The second-order valence-electron chi connectivity index (χ2n) is 7.23. The Bertz CT molecular complexity index is 1030. The maximum Gasteiger partial charge on any atom is 0.161 e. The molecule has 0 saturated carbocycles. The van der Waals surface area contributed by atoms with Crippen molar-refractivity contribution in [2.24, 2.45) is 0 Å². The van der Waals surface area contributed by atoms with Crippen molar-refractivity contribution in [1.82, 2.24) is 0 Å². The molecule has 0 aromatic heterocycles. The van der Waals surface area contributed by atoms with Gasteiger partial charge >= 0.3 is 0 Å². The van der Waals surface area contributed by atoms with Crippen LogP contribution in [0.5, 0.6) is 17.2 Å². The number of phenolic OH excluding ortho intramolecular Hbond substituents is 1. The molecular weight excluding hydrogens is 328 g/mol. The second-order valence-corrected chi connectivity index (χ2v) is 7.23. The molecule has 0 atom stereocenters. The van der Waals surface area contributed by atoms with Gasteiger partial charge in [0.05, 0.1) is 20.8 Å². The van der Waals surface area contributed by atoms with Crippen LogP contribution in [0.25, 0.3) is 21.9 Å². The Morgan fingerprint density at radius 2 is 1.54 bits per heavy atom. The molecule has 3 aromatic carbocycles. The highest BCUT2D eigenvalue weighted by molar-refractivity contribution is 6.06. The summed E-state index contributed by atoms with van der Waals surface area (Å²) in [6.07, 6.45) is 0. The van der Waals surface area contributed by atoms with E-state index in [1.54, 1.807) is 14.2 Å². The molecule has 4 rings (SSSR count). The monoisotopic (exact) mass is 350 g/mol. The summed E-state index contributed by atoms with van der Waals surface area (Å²) >= 11 is 0. The Labute approximate surface area is 152 Å². The maximum atomic E-state index is 10.7. The first kappa shape index (κ1) is 16.7. The number of aliphatic hydroxyl groups is 1. The van der Waals surface area contributed by atoms with Gasteiger partial charge in [-0.05, 0) is 51.4 Å². The summed E-state index contributed by atoms with van der Waals surface area (Å²) < 4.78 is 10.9. The van der Waals surface area contributed by atoms with E-state index >= 15 is 0 Å². The van der Waals surface area contributed by atoms with Gasteiger partial charge in [-0.15, -0.1) is 0 Å². The smallest absolute Gasteiger partial charge is 0.161 e. The van der Waals surface area contributed by atoms with Gasteiger partial charge in [0.25, 0.3) is 0 Å². The number of ether oxygens (including phenoxy) is 2. The Hall–Kier alpha value is -2.72. The van der Waals surface area contributed by atoms with Gasteiger partial charge in [0, 0.05) is 10.8 Å². The summed E-state index contributed by atoms with van der Waals surface area (Å²) in [7, 11) is 3.20. The summed E-state index contributed by atoms with van der Waals surface area (Å²) in [5.74, 6) is 1.44. The van der Waals surface area contributed by atoms with Crippen molar-refractivity contribution >= 4 is 10.8 Å². The van der Waals surface area contributed by atoms with E-state index in [0.29, 0.717) is 11.5 Å². The van der Waals surface area contributed by atoms with Crippen molar-refractivity contribution in [2.75, 3.05) is 14.2 Å². The average molecular weight is 350 g/mol. The zero-order valence-electron chi connectivity index (χ0n) is 15.4. The fourth-order valence-electron chi connectivity index (χ4n) is 4.08. The van der Waals surface area contributed by atoms with Crippen LogP contribution in [-0.4, -0.2) is 24.4 Å². The third-order valence-electron chi connectivity index (χ3n) is 5.50. The number of rotatable bonds is 3. The minimum absolute atomic E-state index is 0.0106. The molecule has 0 unspecified atom stereocenters. The summed E-state index contributed by atoms with van der Waals surface area (Å²) in [5, 5.41) is 21.9. The molecule has 134 valence electrons. The molecule has 1 aliphatic rings. The standard InChI is InChI=1S/C22H22O4/c1-22(2)16-7-12(11-23)5-6-13(16)21-15-9-20(26-4)19(25-3)8-14(15)18(24)10-17(21)22/h5-10,23-24H,11H2,1-4H3. The maximum absolute atomic E-state index is 10.7. The molecule has 0 amide bonds. The zero-order chi connectivity index (χ0) is 18.6. The van der Waals surface area contributed by atoms with E-state index in [4.69, 9.17) is 9.47 Å². The van der Waals surface area contributed by atoms with E-state index in [-0.39, 0.29) is 17.8 Å². The number of phenols is 1. The summed E-state index contributed by atoms with van der Waals surface area (Å²) in [5.41, 5.74) is 5.06. The number of fused-ring (bicyclic) bond motifs is 5. The van der Waals surface area contributed by atoms with E-state index in [2.05, 4.69) is 26.0 Å².